The maximum Gasteiger partial charge on any atom is 0.243 e. The molecular formula is C22H30Cl2N6O2. The van der Waals surface area contributed by atoms with E-state index in [9.17, 15) is 9.59 Å². The highest BCUT2D eigenvalue weighted by Gasteiger charge is 2.37. The van der Waals surface area contributed by atoms with Gasteiger partial charge in [0.25, 0.3) is 0 Å². The van der Waals surface area contributed by atoms with Gasteiger partial charge in [-0.25, -0.2) is 9.97 Å². The molecule has 2 aliphatic rings. The summed E-state index contributed by atoms with van der Waals surface area (Å²) in [6.45, 7) is 0.569. The predicted molar refractivity (Wildman–Crippen MR) is 128 cm³/mol. The monoisotopic (exact) mass is 480 g/mol. The summed E-state index contributed by atoms with van der Waals surface area (Å²) < 4.78 is 0. The number of aryl methyl sites for hydroxylation is 1. The molecule has 0 spiro atoms. The second kappa shape index (κ2) is 11.4. The quantitative estimate of drug-likeness (QED) is 0.593. The normalized spacial score (nSPS) is 20.3. The second-order valence-corrected chi connectivity index (χ2v) is 8.13. The Morgan fingerprint density at radius 2 is 1.94 bits per heavy atom. The number of amides is 2. The number of nitrogens with two attached hydrogens (primary N) is 2. The average molecular weight is 481 g/mol. The number of fused-ring (bicyclic) bond motifs is 1. The molecule has 4 rings (SSSR count). The minimum atomic E-state index is -0.648. The molecule has 5 N–H and O–H groups in total. The summed E-state index contributed by atoms with van der Waals surface area (Å²) in [5.41, 5.74) is 14.8. The van der Waals surface area contributed by atoms with E-state index in [0.717, 1.165) is 36.1 Å². The molecule has 1 aliphatic heterocycles. The van der Waals surface area contributed by atoms with Crippen LogP contribution in [0.2, 0.25) is 0 Å². The van der Waals surface area contributed by atoms with Gasteiger partial charge in [0.1, 0.15) is 6.04 Å². The minimum Gasteiger partial charge on any atom is -0.368 e. The molecule has 2 amide bonds. The van der Waals surface area contributed by atoms with Crippen molar-refractivity contribution < 1.29 is 9.59 Å². The van der Waals surface area contributed by atoms with Crippen LogP contribution in [-0.2, 0) is 28.9 Å². The maximum absolute atomic E-state index is 13.0. The molecule has 174 valence electrons. The van der Waals surface area contributed by atoms with Gasteiger partial charge in [0, 0.05) is 24.5 Å². The van der Waals surface area contributed by atoms with Crippen molar-refractivity contribution in [3.63, 3.8) is 0 Å². The summed E-state index contributed by atoms with van der Waals surface area (Å²) in [6.07, 6.45) is 5.90. The number of nitrogens with one attached hydrogen (secondary N) is 1. The van der Waals surface area contributed by atoms with Crippen molar-refractivity contribution in [1.29, 1.82) is 0 Å². The van der Waals surface area contributed by atoms with E-state index in [4.69, 9.17) is 11.5 Å². The van der Waals surface area contributed by atoms with Crippen molar-refractivity contribution in [2.75, 3.05) is 12.3 Å². The number of halogens is 2. The summed E-state index contributed by atoms with van der Waals surface area (Å²) in [5, 5.41) is 3.13. The van der Waals surface area contributed by atoms with Crippen molar-refractivity contribution in [1.82, 2.24) is 20.2 Å². The number of carbonyl (C=O) groups excluding carboxylic acids is 2. The van der Waals surface area contributed by atoms with E-state index >= 15 is 0 Å². The first-order valence-corrected chi connectivity index (χ1v) is 10.5. The molecule has 1 aromatic carbocycles. The zero-order valence-corrected chi connectivity index (χ0v) is 19.4. The Bertz CT molecular complexity index is 930. The Labute approximate surface area is 200 Å². The molecular weight excluding hydrogens is 451 g/mol. The van der Waals surface area contributed by atoms with Crippen LogP contribution in [0.1, 0.15) is 36.1 Å². The number of aromatic nitrogens is 2. The van der Waals surface area contributed by atoms with E-state index in [0.29, 0.717) is 25.8 Å². The van der Waals surface area contributed by atoms with Gasteiger partial charge in [-0.1, -0.05) is 30.3 Å². The lowest BCUT2D eigenvalue weighted by molar-refractivity contribution is -0.139. The fourth-order valence-electron chi connectivity index (χ4n) is 4.41. The van der Waals surface area contributed by atoms with E-state index in [1.807, 2.05) is 30.3 Å². The van der Waals surface area contributed by atoms with Crippen LogP contribution in [0.15, 0.2) is 36.5 Å². The number of anilines is 1. The molecule has 3 unspecified atom stereocenters. The van der Waals surface area contributed by atoms with Gasteiger partial charge in [0.05, 0.1) is 6.04 Å². The molecule has 1 aromatic heterocycles. The van der Waals surface area contributed by atoms with Gasteiger partial charge in [-0.3, -0.25) is 9.59 Å². The molecule has 1 aliphatic carbocycles. The summed E-state index contributed by atoms with van der Waals surface area (Å²) >= 11 is 0. The number of benzene rings is 1. The van der Waals surface area contributed by atoms with Crippen molar-refractivity contribution in [2.24, 2.45) is 5.73 Å². The van der Waals surface area contributed by atoms with E-state index in [2.05, 4.69) is 15.3 Å². The second-order valence-electron chi connectivity index (χ2n) is 8.13. The zero-order chi connectivity index (χ0) is 21.1. The highest BCUT2D eigenvalue weighted by Crippen LogP contribution is 2.22. The summed E-state index contributed by atoms with van der Waals surface area (Å²) in [4.78, 5) is 35.9. The maximum atomic E-state index is 13.0. The minimum absolute atomic E-state index is 0. The highest BCUT2D eigenvalue weighted by molar-refractivity contribution is 5.90. The van der Waals surface area contributed by atoms with Crippen LogP contribution in [0.25, 0.3) is 0 Å². The first kappa shape index (κ1) is 25.8. The smallest absolute Gasteiger partial charge is 0.243 e. The Hall–Kier alpha value is -2.42. The highest BCUT2D eigenvalue weighted by atomic mass is 35.5. The molecule has 3 atom stereocenters. The van der Waals surface area contributed by atoms with Crippen LogP contribution in [0.5, 0.6) is 0 Å². The number of carbonyl (C=O) groups is 2. The summed E-state index contributed by atoms with van der Waals surface area (Å²) in [5.74, 6) is 0.0233. The molecule has 8 nitrogen and oxygen atoms in total. The first-order chi connectivity index (χ1) is 14.5. The van der Waals surface area contributed by atoms with Gasteiger partial charge in [0.15, 0.2) is 0 Å². The van der Waals surface area contributed by atoms with Crippen molar-refractivity contribution in [2.45, 2.75) is 56.7 Å². The molecule has 32 heavy (non-hydrogen) atoms. The predicted octanol–water partition coefficient (Wildman–Crippen LogP) is 1.44. The van der Waals surface area contributed by atoms with Crippen LogP contribution in [0, 0.1) is 0 Å². The third-order valence-corrected chi connectivity index (χ3v) is 5.97. The van der Waals surface area contributed by atoms with Gasteiger partial charge in [-0.2, -0.15) is 0 Å². The number of nitrogen functional groups attached to an aromatic ring is 1. The molecule has 0 bridgehead atoms. The van der Waals surface area contributed by atoms with Gasteiger partial charge in [-0.05, 0) is 49.7 Å². The number of nitrogens with zero attached hydrogens (tertiary/aromatic N) is 3. The lowest BCUT2D eigenvalue weighted by Crippen LogP contribution is -2.53. The Morgan fingerprint density at radius 3 is 2.69 bits per heavy atom. The van der Waals surface area contributed by atoms with Gasteiger partial charge < -0.3 is 21.7 Å². The lowest BCUT2D eigenvalue weighted by atomic mass is 9.92. The summed E-state index contributed by atoms with van der Waals surface area (Å²) in [6, 6.07) is 8.61. The Balaban J connectivity index is 0.00000181. The van der Waals surface area contributed by atoms with Crippen molar-refractivity contribution >= 4 is 42.6 Å². The Morgan fingerprint density at radius 1 is 1.19 bits per heavy atom. The molecule has 2 aromatic rings. The van der Waals surface area contributed by atoms with Crippen LogP contribution < -0.4 is 16.8 Å². The topological polar surface area (TPSA) is 127 Å². The van der Waals surface area contributed by atoms with Crippen LogP contribution in [0.4, 0.5) is 5.95 Å². The van der Waals surface area contributed by atoms with Gasteiger partial charge in [-0.15, -0.1) is 24.8 Å². The molecule has 2 heterocycles. The summed E-state index contributed by atoms with van der Waals surface area (Å²) in [7, 11) is 0. The number of hydrogen-bond donors (Lipinski definition) is 3. The van der Waals surface area contributed by atoms with Gasteiger partial charge >= 0.3 is 0 Å². The van der Waals surface area contributed by atoms with Crippen LogP contribution in [-0.4, -0.2) is 51.4 Å². The van der Waals surface area contributed by atoms with Gasteiger partial charge in [0.2, 0.25) is 17.8 Å². The Kier molecular flexibility index (Phi) is 9.24. The lowest BCUT2D eigenvalue weighted by Gasteiger charge is -2.30. The SMILES string of the molecule is Cl.Cl.Nc1ncc2c(n1)CCC(NC(=O)C1CCCN1C(=O)C(N)Cc1ccccc1)C2. The molecule has 10 heteroatoms. The zero-order valence-electron chi connectivity index (χ0n) is 17.8. The molecule has 1 saturated heterocycles. The average Bonchev–Trinajstić information content (AvgIpc) is 3.24. The third kappa shape index (κ3) is 5.88. The van der Waals surface area contributed by atoms with Crippen LogP contribution >= 0.6 is 24.8 Å². The van der Waals surface area contributed by atoms with E-state index in [1.165, 1.54) is 0 Å². The number of hydrogen-bond acceptors (Lipinski definition) is 6. The largest absolute Gasteiger partial charge is 0.368 e. The third-order valence-electron chi connectivity index (χ3n) is 5.97. The number of likely N-dealkylation sites (tertiary alicyclic amines) is 1. The molecule has 0 radical (unpaired) electrons. The first-order valence-electron chi connectivity index (χ1n) is 10.5. The number of rotatable bonds is 5. The van der Waals surface area contributed by atoms with E-state index in [-0.39, 0.29) is 48.6 Å². The van der Waals surface area contributed by atoms with Crippen molar-refractivity contribution in [3.05, 3.63) is 53.3 Å². The fraction of sp³-hybridized carbons (Fsp3) is 0.455. The van der Waals surface area contributed by atoms with E-state index in [1.54, 1.807) is 11.1 Å². The molecule has 1 fully saturated rings. The standard InChI is InChI=1S/C22H28N6O2.2ClH/c23-17(11-14-5-2-1-3-6-14)21(30)28-10-4-7-19(28)20(29)26-16-8-9-18-15(12-16)13-25-22(24)27-18;;/h1-3,5-6,13,16-17,19H,4,7-12,23H2,(H,26,29)(H2,24,25,27);2*1H. The van der Waals surface area contributed by atoms with E-state index < -0.39 is 12.1 Å². The fourth-order valence-corrected chi connectivity index (χ4v) is 4.41. The van der Waals surface area contributed by atoms with Crippen molar-refractivity contribution in [3.8, 4) is 0 Å². The molecule has 0 saturated carbocycles. The van der Waals surface area contributed by atoms with Crippen LogP contribution in [0.3, 0.4) is 0 Å².